The number of nitrogens with zero attached hydrogens (tertiary/aromatic N) is 3. The van der Waals surface area contributed by atoms with E-state index < -0.39 is 12.7 Å². The smallest absolute Gasteiger partial charge is 0.356 e. The van der Waals surface area contributed by atoms with Crippen LogP contribution < -0.4 is 10.6 Å². The van der Waals surface area contributed by atoms with E-state index in [2.05, 4.69) is 15.6 Å². The number of aliphatic imine (C=N–C) groups is 1. The van der Waals surface area contributed by atoms with Gasteiger partial charge in [0.15, 0.2) is 5.96 Å². The minimum absolute atomic E-state index is 0.215. The SMILES string of the molecule is CN=C(NCCC1CCN(CC(F)(F)F)CC1)NC1CCN(C(=O)C2CCCC2)C1. The van der Waals surface area contributed by atoms with Gasteiger partial charge in [-0.05, 0) is 57.5 Å². The molecule has 1 saturated carbocycles. The molecule has 1 aliphatic carbocycles. The molecule has 2 saturated heterocycles. The summed E-state index contributed by atoms with van der Waals surface area (Å²) in [5.74, 6) is 1.73. The van der Waals surface area contributed by atoms with Crippen LogP contribution in [-0.2, 0) is 4.79 Å². The number of carbonyl (C=O) groups is 1. The largest absolute Gasteiger partial charge is 0.401 e. The number of carbonyl (C=O) groups excluding carboxylic acids is 1. The second-order valence-corrected chi connectivity index (χ2v) is 9.02. The first kappa shape index (κ1) is 23.2. The van der Waals surface area contributed by atoms with Crippen LogP contribution in [0, 0.1) is 11.8 Å². The van der Waals surface area contributed by atoms with E-state index in [4.69, 9.17) is 0 Å². The Bertz CT molecular complexity index is 584. The fraction of sp³-hybridized carbons (Fsp3) is 0.905. The van der Waals surface area contributed by atoms with Gasteiger partial charge in [0.05, 0.1) is 6.54 Å². The van der Waals surface area contributed by atoms with Gasteiger partial charge in [-0.2, -0.15) is 13.2 Å². The van der Waals surface area contributed by atoms with E-state index >= 15 is 0 Å². The number of nitrogens with one attached hydrogen (secondary N) is 2. The lowest BCUT2D eigenvalue weighted by atomic mass is 9.93. The molecule has 0 bridgehead atoms. The van der Waals surface area contributed by atoms with Crippen LogP contribution in [-0.4, -0.2) is 80.2 Å². The lowest BCUT2D eigenvalue weighted by Crippen LogP contribution is -2.46. The highest BCUT2D eigenvalue weighted by molar-refractivity contribution is 5.81. The van der Waals surface area contributed by atoms with E-state index in [0.717, 1.165) is 64.1 Å². The lowest BCUT2D eigenvalue weighted by molar-refractivity contribution is -0.148. The average Bonchev–Trinajstić information content (AvgIpc) is 3.39. The molecule has 0 aromatic carbocycles. The normalized spacial score (nSPS) is 25.1. The van der Waals surface area contributed by atoms with E-state index in [-0.39, 0.29) is 12.0 Å². The van der Waals surface area contributed by atoms with Crippen LogP contribution >= 0.6 is 0 Å². The number of amides is 1. The molecule has 2 heterocycles. The van der Waals surface area contributed by atoms with Crippen LogP contribution in [0.15, 0.2) is 4.99 Å². The minimum atomic E-state index is -4.11. The molecule has 6 nitrogen and oxygen atoms in total. The Hall–Kier alpha value is -1.51. The Kier molecular flexibility index (Phi) is 8.25. The van der Waals surface area contributed by atoms with Crippen molar-refractivity contribution >= 4 is 11.9 Å². The van der Waals surface area contributed by atoms with Crippen molar-refractivity contribution in [3.05, 3.63) is 0 Å². The highest BCUT2D eigenvalue weighted by Crippen LogP contribution is 2.28. The van der Waals surface area contributed by atoms with Crippen molar-refractivity contribution < 1.29 is 18.0 Å². The van der Waals surface area contributed by atoms with Crippen molar-refractivity contribution in [3.8, 4) is 0 Å². The highest BCUT2D eigenvalue weighted by Gasteiger charge is 2.33. The summed E-state index contributed by atoms with van der Waals surface area (Å²) in [5.41, 5.74) is 0. The van der Waals surface area contributed by atoms with E-state index in [9.17, 15) is 18.0 Å². The van der Waals surface area contributed by atoms with Gasteiger partial charge in [-0.15, -0.1) is 0 Å². The molecule has 0 spiro atoms. The number of hydrogen-bond donors (Lipinski definition) is 2. The van der Waals surface area contributed by atoms with Gasteiger partial charge in [0.2, 0.25) is 5.91 Å². The zero-order valence-corrected chi connectivity index (χ0v) is 18.0. The molecule has 0 aromatic rings. The summed E-state index contributed by atoms with van der Waals surface area (Å²) in [7, 11) is 1.74. The summed E-state index contributed by atoms with van der Waals surface area (Å²) in [4.78, 5) is 20.4. The Morgan fingerprint density at radius 1 is 1.07 bits per heavy atom. The van der Waals surface area contributed by atoms with Crippen LogP contribution in [0.5, 0.6) is 0 Å². The topological polar surface area (TPSA) is 60.0 Å². The molecule has 9 heteroatoms. The van der Waals surface area contributed by atoms with Crippen LogP contribution in [0.3, 0.4) is 0 Å². The van der Waals surface area contributed by atoms with Crippen LogP contribution in [0.4, 0.5) is 13.2 Å². The van der Waals surface area contributed by atoms with Gasteiger partial charge in [-0.25, -0.2) is 0 Å². The van der Waals surface area contributed by atoms with Crippen LogP contribution in [0.2, 0.25) is 0 Å². The third-order valence-electron chi connectivity index (χ3n) is 6.72. The van der Waals surface area contributed by atoms with Gasteiger partial charge in [0.25, 0.3) is 0 Å². The van der Waals surface area contributed by atoms with Crippen molar-refractivity contribution in [3.63, 3.8) is 0 Å². The summed E-state index contributed by atoms with van der Waals surface area (Å²) in [6.07, 6.45) is 3.78. The fourth-order valence-corrected chi connectivity index (χ4v) is 4.98. The maximum absolute atomic E-state index is 12.6. The molecule has 2 aliphatic heterocycles. The highest BCUT2D eigenvalue weighted by atomic mass is 19.4. The molecule has 1 atom stereocenters. The zero-order valence-electron chi connectivity index (χ0n) is 18.0. The van der Waals surface area contributed by atoms with Gasteiger partial charge < -0.3 is 15.5 Å². The quantitative estimate of drug-likeness (QED) is 0.501. The van der Waals surface area contributed by atoms with Crippen molar-refractivity contribution in [2.24, 2.45) is 16.8 Å². The summed E-state index contributed by atoms with van der Waals surface area (Å²) >= 11 is 0. The van der Waals surface area contributed by atoms with Crippen molar-refractivity contribution in [1.82, 2.24) is 20.4 Å². The molecule has 1 unspecified atom stereocenters. The standard InChI is InChI=1S/C21H36F3N5O/c1-25-20(26-10-6-16-7-11-28(12-8-16)15-21(22,23)24)27-18-9-13-29(14-18)19(30)17-4-2-3-5-17/h16-18H,2-15H2,1H3,(H2,25,26,27). The summed E-state index contributed by atoms with van der Waals surface area (Å²) in [6, 6.07) is 0.215. The van der Waals surface area contributed by atoms with E-state index in [1.807, 2.05) is 4.90 Å². The summed E-state index contributed by atoms with van der Waals surface area (Å²) in [5, 5.41) is 6.76. The Morgan fingerprint density at radius 2 is 1.77 bits per heavy atom. The molecule has 172 valence electrons. The van der Waals surface area contributed by atoms with Crippen molar-refractivity contribution in [2.45, 2.75) is 63.6 Å². The molecule has 2 N–H and O–H groups in total. The Labute approximate surface area is 177 Å². The Morgan fingerprint density at radius 3 is 2.40 bits per heavy atom. The van der Waals surface area contributed by atoms with Crippen LogP contribution in [0.1, 0.15) is 51.4 Å². The zero-order chi connectivity index (χ0) is 21.6. The predicted molar refractivity (Wildman–Crippen MR) is 111 cm³/mol. The lowest BCUT2D eigenvalue weighted by Gasteiger charge is -2.32. The van der Waals surface area contributed by atoms with Crippen LogP contribution in [0.25, 0.3) is 0 Å². The summed E-state index contributed by atoms with van der Waals surface area (Å²) in [6.45, 7) is 2.53. The molecule has 3 rings (SSSR count). The minimum Gasteiger partial charge on any atom is -0.356 e. The first-order valence-corrected chi connectivity index (χ1v) is 11.4. The third kappa shape index (κ3) is 7.03. The molecule has 3 fully saturated rings. The maximum atomic E-state index is 12.6. The number of alkyl halides is 3. The predicted octanol–water partition coefficient (Wildman–Crippen LogP) is 2.61. The Balaban J connectivity index is 1.31. The fourth-order valence-electron chi connectivity index (χ4n) is 4.98. The second kappa shape index (κ2) is 10.7. The monoisotopic (exact) mass is 431 g/mol. The van der Waals surface area contributed by atoms with Gasteiger partial charge in [0.1, 0.15) is 0 Å². The number of likely N-dealkylation sites (tertiary alicyclic amines) is 2. The molecule has 0 radical (unpaired) electrons. The van der Waals surface area contributed by atoms with Crippen molar-refractivity contribution in [1.29, 1.82) is 0 Å². The first-order valence-electron chi connectivity index (χ1n) is 11.4. The first-order chi connectivity index (χ1) is 14.3. The number of rotatable bonds is 6. The molecule has 1 amide bonds. The van der Waals surface area contributed by atoms with Gasteiger partial charge in [0, 0.05) is 38.6 Å². The number of halogens is 3. The number of piperidine rings is 1. The van der Waals surface area contributed by atoms with Crippen molar-refractivity contribution in [2.75, 3.05) is 46.3 Å². The molecule has 0 aromatic heterocycles. The molecular weight excluding hydrogens is 395 g/mol. The van der Waals surface area contributed by atoms with E-state index in [1.54, 1.807) is 7.05 Å². The molecule has 3 aliphatic rings. The van der Waals surface area contributed by atoms with Gasteiger partial charge in [-0.3, -0.25) is 14.7 Å². The van der Waals surface area contributed by atoms with Gasteiger partial charge in [-0.1, -0.05) is 12.8 Å². The molecular formula is C21H36F3N5O. The average molecular weight is 432 g/mol. The number of guanidine groups is 1. The van der Waals surface area contributed by atoms with E-state index in [0.29, 0.717) is 24.9 Å². The van der Waals surface area contributed by atoms with E-state index in [1.165, 1.54) is 17.7 Å². The van der Waals surface area contributed by atoms with Gasteiger partial charge >= 0.3 is 6.18 Å². The number of hydrogen-bond acceptors (Lipinski definition) is 3. The third-order valence-corrected chi connectivity index (χ3v) is 6.72. The second-order valence-electron chi connectivity index (χ2n) is 9.02. The molecule has 30 heavy (non-hydrogen) atoms. The maximum Gasteiger partial charge on any atom is 0.401 e. The summed E-state index contributed by atoms with van der Waals surface area (Å²) < 4.78 is 37.5.